The third-order valence-corrected chi connectivity index (χ3v) is 5.79. The van der Waals surface area contributed by atoms with E-state index in [4.69, 9.17) is 16.3 Å². The van der Waals surface area contributed by atoms with Gasteiger partial charge in [0.2, 0.25) is 0 Å². The number of nitrogens with one attached hydrogen (secondary N) is 1. The van der Waals surface area contributed by atoms with Gasteiger partial charge in [0.25, 0.3) is 5.91 Å². The van der Waals surface area contributed by atoms with E-state index in [2.05, 4.69) is 19.2 Å². The Morgan fingerprint density at radius 1 is 1.14 bits per heavy atom. The number of fused-ring (bicyclic) bond motifs is 1. The van der Waals surface area contributed by atoms with Crippen LogP contribution in [-0.2, 0) is 14.3 Å². The molecule has 3 aromatic rings. The van der Waals surface area contributed by atoms with Crippen molar-refractivity contribution in [2.24, 2.45) is 0 Å². The number of rotatable bonds is 6. The van der Waals surface area contributed by atoms with Crippen LogP contribution in [0.25, 0.3) is 16.2 Å². The second kappa shape index (κ2) is 9.04. The Morgan fingerprint density at radius 2 is 1.86 bits per heavy atom. The molecule has 0 bridgehead atoms. The Hall–Kier alpha value is -2.63. The lowest BCUT2D eigenvalue weighted by Crippen LogP contribution is -2.20. The number of benzene rings is 2. The van der Waals surface area contributed by atoms with Crippen molar-refractivity contribution in [2.45, 2.75) is 19.8 Å². The molecule has 0 radical (unpaired) electrons. The van der Waals surface area contributed by atoms with Gasteiger partial charge >= 0.3 is 5.97 Å². The molecule has 0 atom stereocenters. The lowest BCUT2D eigenvalue weighted by Gasteiger charge is -2.08. The van der Waals surface area contributed by atoms with E-state index in [0.717, 1.165) is 15.0 Å². The van der Waals surface area contributed by atoms with Crippen LogP contribution in [0.4, 0.5) is 5.69 Å². The van der Waals surface area contributed by atoms with Crippen LogP contribution in [0.15, 0.2) is 54.6 Å². The highest BCUT2D eigenvalue weighted by molar-refractivity contribution is 7.20. The fourth-order valence-corrected chi connectivity index (χ4v) is 4.02. The zero-order valence-corrected chi connectivity index (χ0v) is 17.1. The minimum Gasteiger partial charge on any atom is -0.452 e. The molecule has 0 saturated carbocycles. The standard InChI is InChI=1S/C22H20ClNO3S/c1-14(2)15-7-9-16(10-8-15)24-20(25)13-27-21(26)12-11-19-22(23)17-5-3-4-6-18(17)28-19/h3-12,14H,13H2,1-2H3,(H,24,25)/b12-11+. The predicted octanol–water partition coefficient (Wildman–Crippen LogP) is 5.87. The Balaban J connectivity index is 1.52. The highest BCUT2D eigenvalue weighted by Crippen LogP contribution is 2.35. The molecule has 1 N–H and O–H groups in total. The van der Waals surface area contributed by atoms with Crippen molar-refractivity contribution in [1.29, 1.82) is 0 Å². The van der Waals surface area contributed by atoms with Crippen molar-refractivity contribution in [3.63, 3.8) is 0 Å². The van der Waals surface area contributed by atoms with Gasteiger partial charge in [-0.2, -0.15) is 0 Å². The van der Waals surface area contributed by atoms with Gasteiger partial charge in [-0.15, -0.1) is 11.3 Å². The first-order chi connectivity index (χ1) is 13.4. The summed E-state index contributed by atoms with van der Waals surface area (Å²) in [5.74, 6) is -0.565. The molecule has 0 aliphatic heterocycles. The number of thiophene rings is 1. The molecule has 0 spiro atoms. The summed E-state index contributed by atoms with van der Waals surface area (Å²) in [7, 11) is 0. The fourth-order valence-electron chi connectivity index (χ4n) is 2.62. The summed E-state index contributed by atoms with van der Waals surface area (Å²) in [5, 5.41) is 4.26. The number of amides is 1. The van der Waals surface area contributed by atoms with E-state index in [0.29, 0.717) is 16.6 Å². The normalized spacial score (nSPS) is 11.3. The highest BCUT2D eigenvalue weighted by Gasteiger charge is 2.09. The summed E-state index contributed by atoms with van der Waals surface area (Å²) in [6.45, 7) is 3.86. The maximum Gasteiger partial charge on any atom is 0.331 e. The van der Waals surface area contributed by atoms with Gasteiger partial charge in [0.05, 0.1) is 5.02 Å². The Labute approximate surface area is 172 Å². The Morgan fingerprint density at radius 3 is 2.54 bits per heavy atom. The Bertz CT molecular complexity index is 1020. The molecule has 0 aliphatic rings. The number of ether oxygens (including phenoxy) is 1. The number of carbonyl (C=O) groups excluding carboxylic acids is 2. The number of anilines is 1. The maximum atomic E-state index is 12.0. The summed E-state index contributed by atoms with van der Waals surface area (Å²) in [6, 6.07) is 15.3. The summed E-state index contributed by atoms with van der Waals surface area (Å²) in [6.07, 6.45) is 2.89. The van der Waals surface area contributed by atoms with E-state index in [1.54, 1.807) is 6.08 Å². The first-order valence-corrected chi connectivity index (χ1v) is 10.0. The molecule has 0 saturated heterocycles. The van der Waals surface area contributed by atoms with Gasteiger partial charge in [-0.25, -0.2) is 4.79 Å². The van der Waals surface area contributed by atoms with E-state index in [9.17, 15) is 9.59 Å². The number of hydrogen-bond acceptors (Lipinski definition) is 4. The quantitative estimate of drug-likeness (QED) is 0.406. The summed E-state index contributed by atoms with van der Waals surface area (Å²) in [4.78, 5) is 24.6. The molecule has 144 valence electrons. The van der Waals surface area contributed by atoms with Crippen molar-refractivity contribution < 1.29 is 14.3 Å². The minimum absolute atomic E-state index is 0.352. The van der Waals surface area contributed by atoms with E-state index < -0.39 is 5.97 Å². The highest BCUT2D eigenvalue weighted by atomic mass is 35.5. The van der Waals surface area contributed by atoms with E-state index >= 15 is 0 Å². The van der Waals surface area contributed by atoms with Crippen molar-refractivity contribution in [3.8, 4) is 0 Å². The maximum absolute atomic E-state index is 12.0. The SMILES string of the molecule is CC(C)c1ccc(NC(=O)COC(=O)/C=C/c2sc3ccccc3c2Cl)cc1. The molecule has 0 aliphatic carbocycles. The first-order valence-electron chi connectivity index (χ1n) is 8.85. The lowest BCUT2D eigenvalue weighted by molar-refractivity contribution is -0.142. The molecule has 2 aromatic carbocycles. The number of carbonyl (C=O) groups is 2. The van der Waals surface area contributed by atoms with Gasteiger partial charge in [0.15, 0.2) is 6.61 Å². The summed E-state index contributed by atoms with van der Waals surface area (Å²) >= 11 is 7.82. The zero-order chi connectivity index (χ0) is 20.1. The first kappa shape index (κ1) is 20.1. The molecular formula is C22H20ClNO3S. The third kappa shape index (κ3) is 5.00. The second-order valence-corrected chi connectivity index (χ2v) is 8.00. The molecule has 0 unspecified atom stereocenters. The van der Waals surface area contributed by atoms with Crippen LogP contribution in [0.5, 0.6) is 0 Å². The molecule has 6 heteroatoms. The minimum atomic E-state index is -0.598. The molecule has 3 rings (SSSR count). The van der Waals surface area contributed by atoms with Gasteiger partial charge in [-0.1, -0.05) is 55.8 Å². The second-order valence-electron chi connectivity index (χ2n) is 6.54. The largest absolute Gasteiger partial charge is 0.452 e. The molecule has 1 aromatic heterocycles. The van der Waals surface area contributed by atoms with Crippen molar-refractivity contribution in [3.05, 3.63) is 70.1 Å². The van der Waals surface area contributed by atoms with Crippen LogP contribution in [0.1, 0.15) is 30.2 Å². The molecule has 1 amide bonds. The van der Waals surface area contributed by atoms with Crippen molar-refractivity contribution >= 4 is 56.7 Å². The van der Waals surface area contributed by atoms with Crippen molar-refractivity contribution in [1.82, 2.24) is 0 Å². The van der Waals surface area contributed by atoms with Gasteiger partial charge in [0, 0.05) is 26.7 Å². The van der Waals surface area contributed by atoms with Gasteiger partial charge in [-0.3, -0.25) is 4.79 Å². The van der Waals surface area contributed by atoms with Crippen LogP contribution in [-0.4, -0.2) is 18.5 Å². The summed E-state index contributed by atoms with van der Waals surface area (Å²) < 4.78 is 6.04. The van der Waals surface area contributed by atoms with Gasteiger partial charge in [0.1, 0.15) is 0 Å². The molecule has 0 fully saturated rings. The van der Waals surface area contributed by atoms with Gasteiger partial charge < -0.3 is 10.1 Å². The van der Waals surface area contributed by atoms with Crippen LogP contribution < -0.4 is 5.32 Å². The topological polar surface area (TPSA) is 55.4 Å². The number of hydrogen-bond donors (Lipinski definition) is 1. The van der Waals surface area contributed by atoms with Crippen molar-refractivity contribution in [2.75, 3.05) is 11.9 Å². The lowest BCUT2D eigenvalue weighted by atomic mass is 10.0. The average molecular weight is 414 g/mol. The third-order valence-electron chi connectivity index (χ3n) is 4.14. The van der Waals surface area contributed by atoms with E-state index in [1.807, 2.05) is 48.5 Å². The zero-order valence-electron chi connectivity index (χ0n) is 15.6. The fraction of sp³-hybridized carbons (Fsp3) is 0.182. The number of esters is 1. The molecular weight excluding hydrogens is 394 g/mol. The smallest absolute Gasteiger partial charge is 0.331 e. The number of halogens is 1. The molecule has 28 heavy (non-hydrogen) atoms. The molecule has 1 heterocycles. The van der Waals surface area contributed by atoms with Crippen LogP contribution in [0.2, 0.25) is 5.02 Å². The van der Waals surface area contributed by atoms with Crippen LogP contribution in [0, 0.1) is 0 Å². The van der Waals surface area contributed by atoms with Crippen LogP contribution in [0.3, 0.4) is 0 Å². The molecule has 4 nitrogen and oxygen atoms in total. The average Bonchev–Trinajstić information content (AvgIpc) is 3.01. The summed E-state index contributed by atoms with van der Waals surface area (Å²) in [5.41, 5.74) is 1.85. The Kier molecular flexibility index (Phi) is 6.49. The predicted molar refractivity (Wildman–Crippen MR) is 116 cm³/mol. The van der Waals surface area contributed by atoms with Gasteiger partial charge in [-0.05, 0) is 35.8 Å². The van der Waals surface area contributed by atoms with E-state index in [-0.39, 0.29) is 12.5 Å². The van der Waals surface area contributed by atoms with E-state index in [1.165, 1.54) is 23.0 Å². The monoisotopic (exact) mass is 413 g/mol. The van der Waals surface area contributed by atoms with Crippen LogP contribution >= 0.6 is 22.9 Å².